The topological polar surface area (TPSA) is 64.8 Å². The molecule has 0 spiro atoms. The van der Waals surface area contributed by atoms with Crippen LogP contribution < -0.4 is 9.47 Å². The highest BCUT2D eigenvalue weighted by Crippen LogP contribution is 2.40. The number of hydrogen-bond acceptors (Lipinski definition) is 5. The summed E-state index contributed by atoms with van der Waals surface area (Å²) in [6.45, 7) is 3.58. The minimum absolute atomic E-state index is 0.111. The number of benzene rings is 1. The van der Waals surface area contributed by atoms with Crippen molar-refractivity contribution in [1.82, 2.24) is 10.1 Å². The third kappa shape index (κ3) is 3.48. The predicted molar refractivity (Wildman–Crippen MR) is 91.0 cm³/mol. The van der Waals surface area contributed by atoms with Crippen molar-refractivity contribution in [1.29, 1.82) is 0 Å². The Labute approximate surface area is 146 Å². The molecular formula is C19H22N2O4. The Kier molecular flexibility index (Phi) is 4.34. The van der Waals surface area contributed by atoms with E-state index in [1.165, 1.54) is 0 Å². The Morgan fingerprint density at radius 3 is 2.84 bits per heavy atom. The van der Waals surface area contributed by atoms with Gasteiger partial charge in [-0.2, -0.15) is 0 Å². The molecule has 4 rings (SSSR count). The zero-order valence-corrected chi connectivity index (χ0v) is 14.3. The molecule has 1 amide bonds. The summed E-state index contributed by atoms with van der Waals surface area (Å²) in [6, 6.07) is 9.38. The fourth-order valence-corrected chi connectivity index (χ4v) is 3.06. The highest BCUT2D eigenvalue weighted by atomic mass is 16.6. The first-order chi connectivity index (χ1) is 12.2. The number of carbonyl (C=O) groups excluding carboxylic acids is 1. The van der Waals surface area contributed by atoms with Gasteiger partial charge < -0.3 is 18.9 Å². The zero-order chi connectivity index (χ0) is 17.2. The number of hydrogen-bond donors (Lipinski definition) is 0. The van der Waals surface area contributed by atoms with Crippen LogP contribution in [0.3, 0.4) is 0 Å². The molecular weight excluding hydrogens is 320 g/mol. The summed E-state index contributed by atoms with van der Waals surface area (Å²) >= 11 is 0. The van der Waals surface area contributed by atoms with Crippen LogP contribution in [0.1, 0.15) is 48.4 Å². The molecule has 1 aliphatic carbocycles. The number of aromatic nitrogens is 1. The van der Waals surface area contributed by atoms with Crippen molar-refractivity contribution < 1.29 is 18.8 Å². The van der Waals surface area contributed by atoms with Crippen molar-refractivity contribution in [2.75, 3.05) is 19.7 Å². The highest BCUT2D eigenvalue weighted by molar-refractivity contribution is 5.92. The molecule has 1 atom stereocenters. The van der Waals surface area contributed by atoms with Gasteiger partial charge in [0.25, 0.3) is 5.91 Å². The van der Waals surface area contributed by atoms with Crippen LogP contribution in [0, 0.1) is 0 Å². The molecule has 2 aliphatic rings. The first-order valence-corrected chi connectivity index (χ1v) is 8.89. The Hall–Kier alpha value is -2.50. The predicted octanol–water partition coefficient (Wildman–Crippen LogP) is 3.24. The number of amides is 1. The first-order valence-electron chi connectivity index (χ1n) is 8.89. The molecule has 1 fully saturated rings. The van der Waals surface area contributed by atoms with Crippen LogP contribution in [0.25, 0.3) is 0 Å². The molecule has 1 aromatic heterocycles. The molecule has 0 bridgehead atoms. The van der Waals surface area contributed by atoms with Crippen molar-refractivity contribution >= 4 is 5.91 Å². The first kappa shape index (κ1) is 16.0. The van der Waals surface area contributed by atoms with Gasteiger partial charge in [-0.25, -0.2) is 0 Å². The summed E-state index contributed by atoms with van der Waals surface area (Å²) in [4.78, 5) is 14.6. The molecule has 6 nitrogen and oxygen atoms in total. The Morgan fingerprint density at radius 1 is 1.28 bits per heavy atom. The van der Waals surface area contributed by atoms with E-state index in [-0.39, 0.29) is 12.0 Å². The Bertz CT molecular complexity index is 753. The van der Waals surface area contributed by atoms with E-state index < -0.39 is 0 Å². The molecule has 0 saturated heterocycles. The van der Waals surface area contributed by atoms with E-state index in [0.717, 1.165) is 36.5 Å². The molecule has 1 saturated carbocycles. The van der Waals surface area contributed by atoms with E-state index in [9.17, 15) is 4.79 Å². The molecule has 25 heavy (non-hydrogen) atoms. The van der Waals surface area contributed by atoms with Gasteiger partial charge in [0.15, 0.2) is 23.3 Å². The van der Waals surface area contributed by atoms with Gasteiger partial charge in [0.1, 0.15) is 12.4 Å². The summed E-state index contributed by atoms with van der Waals surface area (Å²) in [5.74, 6) is 2.63. The fourth-order valence-electron chi connectivity index (χ4n) is 3.06. The maximum atomic E-state index is 12.8. The van der Waals surface area contributed by atoms with Gasteiger partial charge in [0.2, 0.25) is 0 Å². The quantitative estimate of drug-likeness (QED) is 0.806. The maximum absolute atomic E-state index is 12.8. The van der Waals surface area contributed by atoms with Gasteiger partial charge >= 0.3 is 0 Å². The highest BCUT2D eigenvalue weighted by Gasteiger charge is 2.31. The van der Waals surface area contributed by atoms with E-state index in [1.54, 1.807) is 11.0 Å². The lowest BCUT2D eigenvalue weighted by Crippen LogP contribution is -2.44. The molecule has 2 aromatic rings. The van der Waals surface area contributed by atoms with Crippen molar-refractivity contribution in [2.45, 2.75) is 38.2 Å². The molecule has 1 unspecified atom stereocenters. The second kappa shape index (κ2) is 6.78. The van der Waals surface area contributed by atoms with Crippen LogP contribution in [-0.2, 0) is 0 Å². The fraction of sp³-hybridized carbons (Fsp3) is 0.474. The maximum Gasteiger partial charge on any atom is 0.276 e. The molecule has 0 radical (unpaired) electrons. The molecule has 0 N–H and O–H groups in total. The van der Waals surface area contributed by atoms with Crippen molar-refractivity contribution in [3.8, 4) is 11.5 Å². The number of fused-ring (bicyclic) bond motifs is 1. The van der Waals surface area contributed by atoms with Crippen LogP contribution in [0.2, 0.25) is 0 Å². The SMILES string of the molecule is CCCN(CC1COc2ccccc2O1)C(=O)c1cc(C2CC2)on1. The summed E-state index contributed by atoms with van der Waals surface area (Å²) in [5, 5.41) is 3.97. The van der Waals surface area contributed by atoms with Gasteiger partial charge in [-0.1, -0.05) is 24.2 Å². The lowest BCUT2D eigenvalue weighted by molar-refractivity contribution is 0.0456. The van der Waals surface area contributed by atoms with Gasteiger partial charge in [-0.3, -0.25) is 4.79 Å². The largest absolute Gasteiger partial charge is 0.486 e. The summed E-state index contributed by atoms with van der Waals surface area (Å²) in [7, 11) is 0. The second-order valence-electron chi connectivity index (χ2n) is 6.64. The standard InChI is InChI=1S/C19H22N2O4/c1-2-9-21(19(22)15-10-18(25-20-15)13-7-8-13)11-14-12-23-16-5-3-4-6-17(16)24-14/h3-6,10,13-14H,2,7-9,11-12H2,1H3. The Morgan fingerprint density at radius 2 is 2.08 bits per heavy atom. The lowest BCUT2D eigenvalue weighted by Gasteiger charge is -2.31. The molecule has 1 aromatic carbocycles. The number of ether oxygens (including phenoxy) is 2. The van der Waals surface area contributed by atoms with E-state index in [4.69, 9.17) is 14.0 Å². The third-order valence-electron chi connectivity index (χ3n) is 4.50. The second-order valence-corrected chi connectivity index (χ2v) is 6.64. The van der Waals surface area contributed by atoms with Crippen LogP contribution in [-0.4, -0.2) is 41.8 Å². The van der Waals surface area contributed by atoms with Crippen LogP contribution in [0.15, 0.2) is 34.9 Å². The van der Waals surface area contributed by atoms with Gasteiger partial charge in [-0.05, 0) is 31.4 Å². The van der Waals surface area contributed by atoms with Crippen LogP contribution in [0.5, 0.6) is 11.5 Å². The summed E-state index contributed by atoms with van der Waals surface area (Å²) < 4.78 is 17.1. The minimum Gasteiger partial charge on any atom is -0.486 e. The van der Waals surface area contributed by atoms with E-state index in [2.05, 4.69) is 5.16 Å². The summed E-state index contributed by atoms with van der Waals surface area (Å²) in [6.07, 6.45) is 2.91. The normalized spacial score (nSPS) is 18.8. The number of nitrogens with zero attached hydrogens (tertiary/aromatic N) is 2. The molecule has 132 valence electrons. The van der Waals surface area contributed by atoms with E-state index in [1.807, 2.05) is 31.2 Å². The zero-order valence-electron chi connectivity index (χ0n) is 14.3. The van der Waals surface area contributed by atoms with Gasteiger partial charge in [-0.15, -0.1) is 0 Å². The Balaban J connectivity index is 1.44. The molecule has 6 heteroatoms. The summed E-state index contributed by atoms with van der Waals surface area (Å²) in [5.41, 5.74) is 0.382. The van der Waals surface area contributed by atoms with Crippen molar-refractivity contribution in [2.24, 2.45) is 0 Å². The van der Waals surface area contributed by atoms with Crippen LogP contribution >= 0.6 is 0 Å². The molecule has 2 heterocycles. The average molecular weight is 342 g/mol. The van der Waals surface area contributed by atoms with Crippen molar-refractivity contribution in [3.05, 3.63) is 41.8 Å². The van der Waals surface area contributed by atoms with Crippen molar-refractivity contribution in [3.63, 3.8) is 0 Å². The lowest BCUT2D eigenvalue weighted by atomic mass is 10.2. The van der Waals surface area contributed by atoms with E-state index >= 15 is 0 Å². The molecule has 1 aliphatic heterocycles. The number of para-hydroxylation sites is 2. The third-order valence-corrected chi connectivity index (χ3v) is 4.50. The average Bonchev–Trinajstić information content (AvgIpc) is 3.37. The van der Waals surface area contributed by atoms with Gasteiger partial charge in [0, 0.05) is 18.5 Å². The monoisotopic (exact) mass is 342 g/mol. The smallest absolute Gasteiger partial charge is 0.276 e. The van der Waals surface area contributed by atoms with Crippen LogP contribution in [0.4, 0.5) is 0 Å². The van der Waals surface area contributed by atoms with Gasteiger partial charge in [0.05, 0.1) is 6.54 Å². The number of rotatable bonds is 6. The minimum atomic E-state index is -0.194. The van der Waals surface area contributed by atoms with E-state index in [0.29, 0.717) is 31.3 Å². The number of carbonyl (C=O) groups is 1.